The van der Waals surface area contributed by atoms with Crippen molar-refractivity contribution in [2.75, 3.05) is 52.5 Å². The third kappa shape index (κ3) is 4.31. The molecule has 1 aromatic rings. The van der Waals surface area contributed by atoms with Gasteiger partial charge in [0.2, 0.25) is 11.9 Å². The van der Waals surface area contributed by atoms with Crippen molar-refractivity contribution in [3.05, 3.63) is 77.6 Å². The van der Waals surface area contributed by atoms with Gasteiger partial charge in [0.15, 0.2) is 0 Å². The highest BCUT2D eigenvalue weighted by atomic mass is 16.5. The predicted molar refractivity (Wildman–Crippen MR) is 136 cm³/mol. The van der Waals surface area contributed by atoms with Crippen LogP contribution in [0, 0.1) is 0 Å². The summed E-state index contributed by atoms with van der Waals surface area (Å²) in [6, 6.07) is 6.63. The summed E-state index contributed by atoms with van der Waals surface area (Å²) in [7, 11) is 0. The van der Waals surface area contributed by atoms with Crippen LogP contribution in [0.5, 0.6) is 5.75 Å². The molecule has 0 N–H and O–H groups in total. The topological polar surface area (TPSA) is 40.3 Å². The smallest absolute Gasteiger partial charge is 0.238 e. The molecule has 0 spiro atoms. The van der Waals surface area contributed by atoms with E-state index in [1.54, 1.807) is 0 Å². The number of morpholine rings is 1. The molecular formula is C28H31N4O2+. The number of nitrogens with zero attached hydrogens (tertiary/aromatic N) is 4. The highest BCUT2D eigenvalue weighted by molar-refractivity contribution is 6.04. The van der Waals surface area contributed by atoms with E-state index in [4.69, 9.17) is 9.47 Å². The van der Waals surface area contributed by atoms with Gasteiger partial charge in [-0.2, -0.15) is 0 Å². The zero-order valence-corrected chi connectivity index (χ0v) is 19.5. The quantitative estimate of drug-likeness (QED) is 0.502. The lowest BCUT2D eigenvalue weighted by atomic mass is 9.88. The second kappa shape index (κ2) is 9.57. The van der Waals surface area contributed by atoms with Gasteiger partial charge in [0.05, 0.1) is 19.8 Å². The van der Waals surface area contributed by atoms with E-state index in [9.17, 15) is 0 Å². The molecule has 0 radical (unpaired) electrons. The molecule has 0 bridgehead atoms. The summed E-state index contributed by atoms with van der Waals surface area (Å²) in [5, 5.41) is 4.35. The summed E-state index contributed by atoms with van der Waals surface area (Å²) in [6.07, 6.45) is 19.0. The van der Waals surface area contributed by atoms with Crippen LogP contribution in [0.25, 0.3) is 11.3 Å². The van der Waals surface area contributed by atoms with E-state index in [0.29, 0.717) is 0 Å². The Labute approximate surface area is 201 Å². The molecule has 1 fully saturated rings. The van der Waals surface area contributed by atoms with Gasteiger partial charge >= 0.3 is 0 Å². The van der Waals surface area contributed by atoms with Crippen LogP contribution in [0.3, 0.4) is 0 Å². The maximum atomic E-state index is 6.19. The minimum atomic E-state index is 0.740. The third-order valence-electron chi connectivity index (χ3n) is 6.99. The predicted octanol–water partition coefficient (Wildman–Crippen LogP) is 3.69. The number of benzene rings is 1. The van der Waals surface area contributed by atoms with Crippen LogP contribution >= 0.6 is 0 Å². The van der Waals surface area contributed by atoms with E-state index in [2.05, 4.69) is 63.5 Å². The van der Waals surface area contributed by atoms with Crippen LogP contribution < -0.4 is 4.74 Å². The molecule has 0 saturated carbocycles. The Morgan fingerprint density at radius 2 is 1.91 bits per heavy atom. The molecule has 0 amide bonds. The van der Waals surface area contributed by atoms with Crippen LogP contribution in [-0.4, -0.2) is 79.0 Å². The molecule has 6 rings (SSSR count). The summed E-state index contributed by atoms with van der Waals surface area (Å²) < 4.78 is 13.5. The summed E-state index contributed by atoms with van der Waals surface area (Å²) in [4.78, 5) is 4.96. The highest BCUT2D eigenvalue weighted by Gasteiger charge is 2.29. The fraction of sp³-hybridized carbons (Fsp3) is 0.357. The lowest BCUT2D eigenvalue weighted by Crippen LogP contribution is -2.37. The zero-order valence-electron chi connectivity index (χ0n) is 19.5. The molecule has 1 saturated heterocycles. The first-order valence-electron chi connectivity index (χ1n) is 12.3. The van der Waals surface area contributed by atoms with Gasteiger partial charge in [0, 0.05) is 62.2 Å². The Balaban J connectivity index is 1.21. The molecule has 4 heterocycles. The minimum Gasteiger partial charge on any atom is -0.494 e. The Kier molecular flexibility index (Phi) is 6.00. The van der Waals surface area contributed by atoms with Crippen molar-refractivity contribution in [1.82, 2.24) is 9.80 Å². The highest BCUT2D eigenvalue weighted by Crippen LogP contribution is 2.41. The molecule has 5 aliphatic rings. The van der Waals surface area contributed by atoms with Crippen molar-refractivity contribution in [1.29, 1.82) is 0 Å². The van der Waals surface area contributed by atoms with E-state index in [1.165, 1.54) is 28.0 Å². The lowest BCUT2D eigenvalue weighted by molar-refractivity contribution is -0.455. The first kappa shape index (κ1) is 21.3. The molecule has 34 heavy (non-hydrogen) atoms. The minimum absolute atomic E-state index is 0.740. The van der Waals surface area contributed by atoms with Gasteiger partial charge in [-0.15, -0.1) is 0 Å². The van der Waals surface area contributed by atoms with E-state index < -0.39 is 0 Å². The molecule has 6 heteroatoms. The first-order chi connectivity index (χ1) is 16.8. The summed E-state index contributed by atoms with van der Waals surface area (Å²) in [5.41, 5.74) is 7.68. The van der Waals surface area contributed by atoms with Crippen molar-refractivity contribution in [3.8, 4) is 5.75 Å². The van der Waals surface area contributed by atoms with Crippen molar-refractivity contribution in [2.24, 2.45) is 5.10 Å². The van der Waals surface area contributed by atoms with Crippen LogP contribution in [0.2, 0.25) is 0 Å². The maximum Gasteiger partial charge on any atom is 0.238 e. The summed E-state index contributed by atoms with van der Waals surface area (Å²) in [6.45, 7) is 7.59. The normalized spacial score (nSPS) is 21.4. The number of hydrogen-bond donors (Lipinski definition) is 0. The summed E-state index contributed by atoms with van der Waals surface area (Å²) >= 11 is 0. The van der Waals surface area contributed by atoms with E-state index in [-0.39, 0.29) is 0 Å². The molecule has 6 nitrogen and oxygen atoms in total. The molecular weight excluding hydrogens is 424 g/mol. The number of hydrogen-bond acceptors (Lipinski definition) is 5. The Bertz CT molecular complexity index is 1150. The first-order valence-corrected chi connectivity index (χ1v) is 12.3. The van der Waals surface area contributed by atoms with Crippen molar-refractivity contribution < 1.29 is 14.2 Å². The van der Waals surface area contributed by atoms with Gasteiger partial charge in [-0.1, -0.05) is 16.8 Å². The third-order valence-corrected chi connectivity index (χ3v) is 6.99. The van der Waals surface area contributed by atoms with Gasteiger partial charge in [0.25, 0.3) is 0 Å². The largest absolute Gasteiger partial charge is 0.494 e. The molecule has 4 aliphatic heterocycles. The van der Waals surface area contributed by atoms with Gasteiger partial charge in [-0.05, 0) is 58.9 Å². The van der Waals surface area contributed by atoms with Crippen molar-refractivity contribution in [3.63, 3.8) is 0 Å². The van der Waals surface area contributed by atoms with Gasteiger partial charge in [-0.25, -0.2) is 0 Å². The van der Waals surface area contributed by atoms with Crippen LogP contribution in [0.15, 0.2) is 71.5 Å². The SMILES string of the molecule is C1=C[N+](=C2C=CC(=C3CN4CCC=C4c4cc(OCCCN5CCOCC5)ccc43)C=C2)N=C1. The van der Waals surface area contributed by atoms with E-state index >= 15 is 0 Å². The molecule has 174 valence electrons. The van der Waals surface area contributed by atoms with Crippen molar-refractivity contribution in [2.45, 2.75) is 12.8 Å². The van der Waals surface area contributed by atoms with Crippen LogP contribution in [-0.2, 0) is 4.74 Å². The molecule has 0 unspecified atom stereocenters. The maximum absolute atomic E-state index is 6.19. The Morgan fingerprint density at radius 1 is 1.03 bits per heavy atom. The molecule has 1 aliphatic carbocycles. The van der Waals surface area contributed by atoms with Crippen LogP contribution in [0.1, 0.15) is 24.0 Å². The van der Waals surface area contributed by atoms with Crippen LogP contribution in [0.4, 0.5) is 0 Å². The average molecular weight is 456 g/mol. The molecule has 1 aromatic carbocycles. The fourth-order valence-electron chi connectivity index (χ4n) is 5.20. The van der Waals surface area contributed by atoms with E-state index in [1.807, 2.05) is 23.2 Å². The molecule has 0 atom stereocenters. The average Bonchev–Trinajstić information content (AvgIpc) is 3.59. The van der Waals surface area contributed by atoms with E-state index in [0.717, 1.165) is 76.8 Å². The second-order valence-electron chi connectivity index (χ2n) is 9.14. The standard InChI is InChI=1S/C28H31N4O2/c1-4-28-26-20-24(34-17-3-12-30-15-18-33-19-16-30)9-10-25(26)27(21-31(28)13-1)22-5-7-23(8-6-22)32-14-2-11-29-32/h2,4-11,14,20H,1,3,12-13,15-19,21H2/q+1. The number of rotatable bonds is 5. The second-order valence-corrected chi connectivity index (χ2v) is 9.14. The monoisotopic (exact) mass is 455 g/mol. The van der Waals surface area contributed by atoms with Gasteiger partial charge < -0.3 is 14.4 Å². The Morgan fingerprint density at radius 3 is 2.74 bits per heavy atom. The fourth-order valence-corrected chi connectivity index (χ4v) is 5.20. The number of fused-ring (bicyclic) bond motifs is 3. The zero-order chi connectivity index (χ0) is 22.7. The molecule has 0 aromatic heterocycles. The van der Waals surface area contributed by atoms with Gasteiger partial charge in [-0.3, -0.25) is 4.90 Å². The van der Waals surface area contributed by atoms with Crippen molar-refractivity contribution >= 4 is 23.2 Å². The number of ether oxygens (including phenoxy) is 2. The number of hydrazone groups is 1. The lowest BCUT2D eigenvalue weighted by Gasteiger charge is -2.33. The Hall–Kier alpha value is -3.22. The summed E-state index contributed by atoms with van der Waals surface area (Å²) in [5.74, 6) is 0.962. The number of allylic oxidation sites excluding steroid dienone is 6. The van der Waals surface area contributed by atoms with Gasteiger partial charge in [0.1, 0.15) is 12.0 Å².